The zero-order valence-electron chi connectivity index (χ0n) is 23.6. The summed E-state index contributed by atoms with van der Waals surface area (Å²) in [5.74, 6) is -0.368. The first-order chi connectivity index (χ1) is 19.5. The average Bonchev–Trinajstić information content (AvgIpc) is 3.57. The minimum Gasteiger partial charge on any atom is -0.387 e. The van der Waals surface area contributed by atoms with Gasteiger partial charge in [-0.05, 0) is 76.6 Å². The molecule has 0 aromatic carbocycles. The molecule has 1 atom stereocenters. The second-order valence-electron chi connectivity index (χ2n) is 12.1. The highest BCUT2D eigenvalue weighted by Crippen LogP contribution is 2.45. The van der Waals surface area contributed by atoms with Crippen molar-refractivity contribution in [1.29, 1.82) is 5.26 Å². The molecule has 0 radical (unpaired) electrons. The Kier molecular flexibility index (Phi) is 7.70. The van der Waals surface area contributed by atoms with Crippen LogP contribution < -0.4 is 16.0 Å². The summed E-state index contributed by atoms with van der Waals surface area (Å²) in [5.41, 5.74) is 1.45. The van der Waals surface area contributed by atoms with E-state index in [1.54, 1.807) is 16.6 Å². The molecule has 3 aromatic heterocycles. The Bertz CT molecular complexity index is 1490. The number of carbonyl (C=O) groups is 2. The molecule has 1 unspecified atom stereocenters. The van der Waals surface area contributed by atoms with E-state index in [-0.39, 0.29) is 35.5 Å². The van der Waals surface area contributed by atoms with Gasteiger partial charge in [0.25, 0.3) is 5.91 Å². The molecule has 0 spiro atoms. The van der Waals surface area contributed by atoms with Crippen LogP contribution in [-0.4, -0.2) is 61.9 Å². The lowest BCUT2D eigenvalue weighted by molar-refractivity contribution is -0.126. The molecule has 2 amide bonds. The first-order valence-electron chi connectivity index (χ1n) is 14.1. The monoisotopic (exact) mass is 561 g/mol. The normalized spacial score (nSPS) is 20.6. The molecule has 11 heteroatoms. The summed E-state index contributed by atoms with van der Waals surface area (Å²) >= 11 is 0. The second-order valence-corrected chi connectivity index (χ2v) is 12.1. The number of nitrogens with one attached hydrogen (secondary N) is 3. The van der Waals surface area contributed by atoms with Crippen LogP contribution in [0.1, 0.15) is 75.2 Å². The van der Waals surface area contributed by atoms with Crippen LogP contribution in [0.25, 0.3) is 16.9 Å². The lowest BCUT2D eigenvalue weighted by atomic mass is 9.90. The van der Waals surface area contributed by atoms with E-state index >= 15 is 0 Å². The Hall–Kier alpha value is -4.04. The fraction of sp³-hybridized carbons (Fsp3) is 0.500. The number of amides is 2. The van der Waals surface area contributed by atoms with Gasteiger partial charge in [0.2, 0.25) is 5.91 Å². The van der Waals surface area contributed by atoms with E-state index in [0.717, 1.165) is 44.0 Å². The quantitative estimate of drug-likeness (QED) is 0.311. The van der Waals surface area contributed by atoms with Gasteiger partial charge in [-0.3, -0.25) is 14.6 Å². The van der Waals surface area contributed by atoms with Crippen molar-refractivity contribution in [3.63, 3.8) is 0 Å². The molecule has 0 bridgehead atoms. The summed E-state index contributed by atoms with van der Waals surface area (Å²) in [5, 5.41) is 32.8. The molecule has 2 aliphatic carbocycles. The van der Waals surface area contributed by atoms with Crippen molar-refractivity contribution in [3.8, 4) is 17.5 Å². The van der Waals surface area contributed by atoms with Crippen molar-refractivity contribution in [2.75, 3.05) is 11.9 Å². The molecular formula is C30H36FN7O3. The molecule has 3 aromatic rings. The van der Waals surface area contributed by atoms with E-state index in [1.165, 1.54) is 26.2 Å². The Balaban J connectivity index is 1.36. The van der Waals surface area contributed by atoms with E-state index in [1.807, 2.05) is 19.1 Å². The summed E-state index contributed by atoms with van der Waals surface area (Å²) in [6.07, 6.45) is 6.42. The van der Waals surface area contributed by atoms with Gasteiger partial charge in [-0.2, -0.15) is 10.4 Å². The van der Waals surface area contributed by atoms with Crippen LogP contribution in [-0.2, 0) is 4.79 Å². The number of alkyl halides is 1. The number of fused-ring (bicyclic) bond motifs is 1. The molecule has 2 saturated carbocycles. The molecule has 3 heterocycles. The van der Waals surface area contributed by atoms with Gasteiger partial charge in [0.1, 0.15) is 12.2 Å². The summed E-state index contributed by atoms with van der Waals surface area (Å²) in [4.78, 5) is 30.2. The number of hydrogen-bond donors (Lipinski definition) is 4. The minimum absolute atomic E-state index is 0.0622. The van der Waals surface area contributed by atoms with Crippen molar-refractivity contribution >= 4 is 23.0 Å². The van der Waals surface area contributed by atoms with Crippen LogP contribution in [0.3, 0.4) is 0 Å². The maximum atomic E-state index is 14.4. The maximum Gasteiger partial charge on any atom is 0.255 e. The van der Waals surface area contributed by atoms with E-state index < -0.39 is 17.7 Å². The Morgan fingerprint density at radius 1 is 1.20 bits per heavy atom. The fourth-order valence-corrected chi connectivity index (χ4v) is 5.05. The largest absolute Gasteiger partial charge is 0.387 e. The number of rotatable bonds is 9. The van der Waals surface area contributed by atoms with Crippen LogP contribution in [0.5, 0.6) is 0 Å². The molecule has 216 valence electrons. The highest BCUT2D eigenvalue weighted by Gasteiger charge is 2.45. The van der Waals surface area contributed by atoms with E-state index in [4.69, 9.17) is 0 Å². The van der Waals surface area contributed by atoms with Gasteiger partial charge in [0.15, 0.2) is 0 Å². The Morgan fingerprint density at radius 2 is 1.90 bits per heavy atom. The van der Waals surface area contributed by atoms with Crippen molar-refractivity contribution < 1.29 is 19.1 Å². The van der Waals surface area contributed by atoms with Gasteiger partial charge in [0, 0.05) is 23.7 Å². The summed E-state index contributed by atoms with van der Waals surface area (Å²) < 4.78 is 16.0. The smallest absolute Gasteiger partial charge is 0.255 e. The lowest BCUT2D eigenvalue weighted by Crippen LogP contribution is -2.43. The molecule has 0 aliphatic heterocycles. The Labute approximate surface area is 238 Å². The number of aromatic nitrogens is 3. The van der Waals surface area contributed by atoms with Gasteiger partial charge >= 0.3 is 0 Å². The third-order valence-electron chi connectivity index (χ3n) is 8.22. The van der Waals surface area contributed by atoms with Crippen LogP contribution in [0.15, 0.2) is 36.7 Å². The molecule has 4 N–H and O–H groups in total. The third-order valence-corrected chi connectivity index (χ3v) is 8.22. The van der Waals surface area contributed by atoms with Gasteiger partial charge in [-0.15, -0.1) is 0 Å². The van der Waals surface area contributed by atoms with Crippen LogP contribution in [0.2, 0.25) is 0 Å². The van der Waals surface area contributed by atoms with Gasteiger partial charge in [0.05, 0.1) is 52.1 Å². The zero-order chi connectivity index (χ0) is 29.4. The predicted octanol–water partition coefficient (Wildman–Crippen LogP) is 3.75. The standard InChI is InChI=1S/C30H36FN7O3/c1-29(2,41)26(31)17-34-27(39)22-16-33-24(25-9-8-21-12-18(14-32)15-35-38(21)25)13-23(22)36-19-4-6-20(7-5-19)37-28(40)30(3)10-11-30/h8-9,12-13,15-16,19-20,26,41H,4-7,10-11,17H2,1-3H3,(H,33,36)(H,34,39)(H,37,40). The minimum atomic E-state index is -1.64. The molecule has 10 nitrogen and oxygen atoms in total. The number of hydrogen-bond acceptors (Lipinski definition) is 7. The van der Waals surface area contributed by atoms with Crippen LogP contribution >= 0.6 is 0 Å². The molecular weight excluding hydrogens is 525 g/mol. The van der Waals surface area contributed by atoms with Crippen LogP contribution in [0, 0.1) is 16.7 Å². The second kappa shape index (κ2) is 11.1. The molecule has 41 heavy (non-hydrogen) atoms. The molecule has 2 fully saturated rings. The number of carbonyl (C=O) groups excluding carboxylic acids is 2. The van der Waals surface area contributed by atoms with Crippen molar-refractivity contribution in [2.45, 2.75) is 83.2 Å². The number of aliphatic hydroxyl groups is 1. The van der Waals surface area contributed by atoms with Crippen LogP contribution in [0.4, 0.5) is 10.1 Å². The summed E-state index contributed by atoms with van der Waals surface area (Å²) in [6, 6.07) is 9.48. The van der Waals surface area contributed by atoms with Crippen molar-refractivity contribution in [3.05, 3.63) is 47.8 Å². The molecule has 2 aliphatic rings. The van der Waals surface area contributed by atoms with Gasteiger partial charge in [-0.1, -0.05) is 6.92 Å². The first-order valence-corrected chi connectivity index (χ1v) is 14.1. The first kappa shape index (κ1) is 28.5. The predicted molar refractivity (Wildman–Crippen MR) is 152 cm³/mol. The van der Waals surface area contributed by atoms with Gasteiger partial charge < -0.3 is 21.1 Å². The number of halogens is 1. The lowest BCUT2D eigenvalue weighted by Gasteiger charge is -2.31. The fourth-order valence-electron chi connectivity index (χ4n) is 5.05. The summed E-state index contributed by atoms with van der Waals surface area (Å²) in [6.45, 7) is 4.36. The van der Waals surface area contributed by atoms with E-state index in [0.29, 0.717) is 22.6 Å². The summed E-state index contributed by atoms with van der Waals surface area (Å²) in [7, 11) is 0. The van der Waals surface area contributed by atoms with E-state index in [2.05, 4.69) is 32.1 Å². The molecule has 0 saturated heterocycles. The topological polar surface area (TPSA) is 144 Å². The number of nitriles is 1. The SMILES string of the molecule is CC1(C(=O)NC2CCC(Nc3cc(-c4ccc5cc(C#N)cnn45)ncc3C(=O)NCC(F)C(C)(C)O)CC2)CC1. The van der Waals surface area contributed by atoms with Crippen molar-refractivity contribution in [2.24, 2.45) is 5.41 Å². The zero-order valence-corrected chi connectivity index (χ0v) is 23.6. The maximum absolute atomic E-state index is 14.4. The number of nitrogens with zero attached hydrogens (tertiary/aromatic N) is 4. The van der Waals surface area contributed by atoms with Crippen molar-refractivity contribution in [1.82, 2.24) is 25.2 Å². The molecule has 5 rings (SSSR count). The highest BCUT2D eigenvalue weighted by molar-refractivity contribution is 6.00. The number of pyridine rings is 1. The highest BCUT2D eigenvalue weighted by atomic mass is 19.1. The van der Waals surface area contributed by atoms with Gasteiger partial charge in [-0.25, -0.2) is 8.91 Å². The number of anilines is 1. The van der Waals surface area contributed by atoms with E-state index in [9.17, 15) is 24.3 Å². The third kappa shape index (κ3) is 6.33. The average molecular weight is 562 g/mol. The Morgan fingerprint density at radius 3 is 2.56 bits per heavy atom.